The second kappa shape index (κ2) is 5.88. The Hall–Kier alpha value is -0.210. The minimum absolute atomic E-state index is 0.426. The maximum Gasteiger partial charge on any atom is 0.282 e. The van der Waals surface area contributed by atoms with E-state index in [1.54, 1.807) is 8.61 Å². The van der Waals surface area contributed by atoms with Gasteiger partial charge in [-0.25, -0.2) is 0 Å². The van der Waals surface area contributed by atoms with Gasteiger partial charge < -0.3 is 5.32 Å². The number of piperazine rings is 1. The monoisotopic (exact) mass is 302 g/mol. The van der Waals surface area contributed by atoms with E-state index < -0.39 is 10.2 Å². The number of rotatable bonds is 3. The number of hydrogen-bond acceptors (Lipinski definition) is 4. The van der Waals surface area contributed by atoms with Gasteiger partial charge in [0.25, 0.3) is 10.2 Å². The van der Waals surface area contributed by atoms with Gasteiger partial charge in [-0.1, -0.05) is 6.92 Å². The molecule has 3 aliphatic rings. The van der Waals surface area contributed by atoms with Crippen molar-refractivity contribution >= 4 is 10.2 Å². The zero-order chi connectivity index (χ0) is 14.2. The normalized spacial score (nSPS) is 29.4. The first kappa shape index (κ1) is 14.7. The minimum Gasteiger partial charge on any atom is -0.314 e. The van der Waals surface area contributed by atoms with E-state index in [1.807, 2.05) is 0 Å². The first-order valence-electron chi connectivity index (χ1n) is 7.77. The predicted octanol–water partition coefficient (Wildman–Crippen LogP) is -0.447. The second-order valence-corrected chi connectivity index (χ2v) is 8.27. The molecule has 0 saturated carbocycles. The molecule has 3 heterocycles. The third-order valence-electron chi connectivity index (χ3n) is 4.89. The van der Waals surface area contributed by atoms with Gasteiger partial charge in [0.1, 0.15) is 0 Å². The Labute approximate surface area is 122 Å². The van der Waals surface area contributed by atoms with E-state index in [1.165, 1.54) is 0 Å². The topological polar surface area (TPSA) is 55.9 Å². The number of hydrogen-bond donors (Lipinski definition) is 1. The highest BCUT2D eigenvalue weighted by atomic mass is 32.2. The Morgan fingerprint density at radius 3 is 2.15 bits per heavy atom. The molecule has 0 aliphatic carbocycles. The molecule has 0 aromatic heterocycles. The van der Waals surface area contributed by atoms with Gasteiger partial charge in [0.05, 0.1) is 0 Å². The van der Waals surface area contributed by atoms with Gasteiger partial charge in [-0.3, -0.25) is 4.90 Å². The van der Waals surface area contributed by atoms with E-state index in [4.69, 9.17) is 0 Å². The number of nitrogens with zero attached hydrogens (tertiary/aromatic N) is 3. The Balaban J connectivity index is 1.52. The summed E-state index contributed by atoms with van der Waals surface area (Å²) in [6.45, 7) is 9.06. The Kier molecular flexibility index (Phi) is 4.33. The summed E-state index contributed by atoms with van der Waals surface area (Å²) >= 11 is 0. The molecule has 3 saturated heterocycles. The number of piperidine rings is 1. The van der Waals surface area contributed by atoms with Crippen molar-refractivity contribution < 1.29 is 8.42 Å². The third kappa shape index (κ3) is 2.87. The van der Waals surface area contributed by atoms with E-state index in [0.29, 0.717) is 38.1 Å². The zero-order valence-corrected chi connectivity index (χ0v) is 13.1. The molecule has 0 aromatic rings. The first-order valence-corrected chi connectivity index (χ1v) is 9.17. The summed E-state index contributed by atoms with van der Waals surface area (Å²) < 4.78 is 28.4. The molecule has 0 aromatic carbocycles. The Morgan fingerprint density at radius 1 is 0.950 bits per heavy atom. The van der Waals surface area contributed by atoms with Crippen LogP contribution >= 0.6 is 0 Å². The second-order valence-electron chi connectivity index (χ2n) is 6.35. The van der Waals surface area contributed by atoms with Gasteiger partial charge in [-0.05, 0) is 18.8 Å². The van der Waals surface area contributed by atoms with Crippen LogP contribution in [0.3, 0.4) is 0 Å². The molecular weight excluding hydrogens is 276 g/mol. The van der Waals surface area contributed by atoms with Crippen LogP contribution in [-0.2, 0) is 10.2 Å². The smallest absolute Gasteiger partial charge is 0.282 e. The molecule has 0 amide bonds. The van der Waals surface area contributed by atoms with Gasteiger partial charge in [0, 0.05) is 58.4 Å². The fourth-order valence-electron chi connectivity index (χ4n) is 3.26. The molecule has 0 spiro atoms. The van der Waals surface area contributed by atoms with Crippen molar-refractivity contribution in [1.29, 1.82) is 0 Å². The summed E-state index contributed by atoms with van der Waals surface area (Å²) in [7, 11) is -3.20. The number of nitrogens with one attached hydrogen (secondary N) is 1. The van der Waals surface area contributed by atoms with Gasteiger partial charge >= 0.3 is 0 Å². The summed E-state index contributed by atoms with van der Waals surface area (Å²) in [5, 5.41) is 3.33. The molecule has 20 heavy (non-hydrogen) atoms. The molecule has 6 nitrogen and oxygen atoms in total. The van der Waals surface area contributed by atoms with Crippen LogP contribution in [0.4, 0.5) is 0 Å². The Morgan fingerprint density at radius 2 is 1.55 bits per heavy atom. The van der Waals surface area contributed by atoms with Gasteiger partial charge in [0.15, 0.2) is 0 Å². The van der Waals surface area contributed by atoms with Crippen molar-refractivity contribution in [3.8, 4) is 0 Å². The molecule has 3 fully saturated rings. The van der Waals surface area contributed by atoms with Crippen LogP contribution in [0, 0.1) is 5.92 Å². The molecule has 0 radical (unpaired) electrons. The van der Waals surface area contributed by atoms with E-state index in [0.717, 1.165) is 39.0 Å². The van der Waals surface area contributed by atoms with E-state index in [2.05, 4.69) is 17.1 Å². The predicted molar refractivity (Wildman–Crippen MR) is 78.7 cm³/mol. The minimum atomic E-state index is -3.20. The first-order chi connectivity index (χ1) is 9.57. The van der Waals surface area contributed by atoms with Crippen LogP contribution in [0.25, 0.3) is 0 Å². The lowest BCUT2D eigenvalue weighted by molar-refractivity contribution is 0.0720. The van der Waals surface area contributed by atoms with Crippen LogP contribution in [0.1, 0.15) is 19.8 Å². The molecule has 1 N–H and O–H groups in total. The molecule has 0 bridgehead atoms. The molecule has 7 heteroatoms. The molecule has 116 valence electrons. The fraction of sp³-hybridized carbons (Fsp3) is 1.00. The van der Waals surface area contributed by atoms with Crippen molar-refractivity contribution in [1.82, 2.24) is 18.8 Å². The highest BCUT2D eigenvalue weighted by Crippen LogP contribution is 2.25. The van der Waals surface area contributed by atoms with E-state index >= 15 is 0 Å². The van der Waals surface area contributed by atoms with Gasteiger partial charge in [-0.2, -0.15) is 17.0 Å². The lowest BCUT2D eigenvalue weighted by Crippen LogP contribution is -2.65. The quantitative estimate of drug-likeness (QED) is 0.767. The van der Waals surface area contributed by atoms with Crippen LogP contribution in [-0.4, -0.2) is 80.3 Å². The largest absolute Gasteiger partial charge is 0.314 e. The maximum absolute atomic E-state index is 12.5. The fourth-order valence-corrected chi connectivity index (χ4v) is 4.98. The van der Waals surface area contributed by atoms with Gasteiger partial charge in [-0.15, -0.1) is 0 Å². The van der Waals surface area contributed by atoms with Crippen molar-refractivity contribution in [2.45, 2.75) is 25.8 Å². The van der Waals surface area contributed by atoms with Crippen LogP contribution in [0.2, 0.25) is 0 Å². The SMILES string of the molecule is CC1CCN(S(=O)(=O)N2CC(N3CCNCC3)C2)CC1. The van der Waals surface area contributed by atoms with E-state index in [9.17, 15) is 8.42 Å². The summed E-state index contributed by atoms with van der Waals surface area (Å²) in [5.41, 5.74) is 0. The van der Waals surface area contributed by atoms with Crippen molar-refractivity contribution in [3.05, 3.63) is 0 Å². The molecule has 3 rings (SSSR count). The highest BCUT2D eigenvalue weighted by Gasteiger charge is 2.42. The molecule has 0 atom stereocenters. The highest BCUT2D eigenvalue weighted by molar-refractivity contribution is 7.86. The average Bonchev–Trinajstić information content (AvgIpc) is 2.38. The third-order valence-corrected chi connectivity index (χ3v) is 6.86. The van der Waals surface area contributed by atoms with Gasteiger partial charge in [0.2, 0.25) is 0 Å². The van der Waals surface area contributed by atoms with Crippen molar-refractivity contribution in [2.75, 3.05) is 52.4 Å². The Bertz CT molecular complexity index is 422. The summed E-state index contributed by atoms with van der Waals surface area (Å²) in [4.78, 5) is 2.42. The molecule has 0 unspecified atom stereocenters. The zero-order valence-electron chi connectivity index (χ0n) is 12.3. The molecule has 3 aliphatic heterocycles. The van der Waals surface area contributed by atoms with Crippen LogP contribution in [0.5, 0.6) is 0 Å². The summed E-state index contributed by atoms with van der Waals surface area (Å²) in [5.74, 6) is 0.659. The van der Waals surface area contributed by atoms with E-state index in [-0.39, 0.29) is 0 Å². The standard InChI is InChI=1S/C13H26N4O2S/c1-12-2-6-16(7-3-12)20(18,19)17-10-13(11-17)15-8-4-14-5-9-15/h12-14H,2-11H2,1H3. The van der Waals surface area contributed by atoms with Crippen molar-refractivity contribution in [2.24, 2.45) is 5.92 Å². The summed E-state index contributed by atoms with van der Waals surface area (Å²) in [6, 6.07) is 0.426. The lowest BCUT2D eigenvalue weighted by atomic mass is 10.0. The average molecular weight is 302 g/mol. The maximum atomic E-state index is 12.5. The van der Waals surface area contributed by atoms with Crippen molar-refractivity contribution in [3.63, 3.8) is 0 Å². The molecular formula is C13H26N4O2S. The van der Waals surface area contributed by atoms with Crippen LogP contribution in [0.15, 0.2) is 0 Å². The lowest BCUT2D eigenvalue weighted by Gasteiger charge is -2.47. The van der Waals surface area contributed by atoms with Crippen LogP contribution < -0.4 is 5.32 Å². The summed E-state index contributed by atoms with van der Waals surface area (Å²) in [6.07, 6.45) is 1.99.